The van der Waals surface area contributed by atoms with E-state index in [4.69, 9.17) is 14.0 Å². The molecule has 2 aromatic heterocycles. The Labute approximate surface area is 167 Å². The van der Waals surface area contributed by atoms with Crippen LogP contribution < -0.4 is 4.74 Å². The Bertz CT molecular complexity index is 1200. The van der Waals surface area contributed by atoms with E-state index < -0.39 is 5.97 Å². The maximum absolute atomic E-state index is 12.4. The van der Waals surface area contributed by atoms with Crippen molar-refractivity contribution in [1.82, 2.24) is 15.1 Å². The topological polar surface area (TPSA) is 87.3 Å². The first-order valence-corrected chi connectivity index (χ1v) is 9.06. The number of para-hydroxylation sites is 1. The normalized spacial score (nSPS) is 10.9. The minimum atomic E-state index is -0.470. The molecule has 0 aliphatic rings. The number of carbonyl (C=O) groups is 1. The molecule has 0 N–H and O–H groups in total. The summed E-state index contributed by atoms with van der Waals surface area (Å²) >= 11 is 0. The van der Waals surface area contributed by atoms with Crippen molar-refractivity contribution in [3.8, 4) is 17.0 Å². The number of nitrogens with zero attached hydrogens (tertiary/aromatic N) is 3. The van der Waals surface area contributed by atoms with Crippen molar-refractivity contribution in [3.05, 3.63) is 71.2 Å². The van der Waals surface area contributed by atoms with Gasteiger partial charge in [0.25, 0.3) is 0 Å². The zero-order chi connectivity index (χ0) is 20.4. The molecule has 0 saturated heterocycles. The molecular weight excluding hydrogens is 370 g/mol. The monoisotopic (exact) mass is 389 g/mol. The van der Waals surface area contributed by atoms with E-state index in [0.29, 0.717) is 28.3 Å². The summed E-state index contributed by atoms with van der Waals surface area (Å²) in [4.78, 5) is 21.4. The molecule has 0 saturated carbocycles. The molecule has 0 unspecified atom stereocenters. The van der Waals surface area contributed by atoms with Crippen LogP contribution in [0, 0.1) is 13.8 Å². The van der Waals surface area contributed by atoms with Crippen LogP contribution in [0.3, 0.4) is 0 Å². The summed E-state index contributed by atoms with van der Waals surface area (Å²) in [5.74, 6) is 0.653. The quantitative estimate of drug-likeness (QED) is 0.471. The van der Waals surface area contributed by atoms with Crippen LogP contribution in [0.5, 0.6) is 5.75 Å². The molecule has 4 rings (SSSR count). The van der Waals surface area contributed by atoms with Crippen LogP contribution in [0.15, 0.2) is 53.1 Å². The van der Waals surface area contributed by atoms with Crippen LogP contribution in [0.2, 0.25) is 0 Å². The Morgan fingerprint density at radius 1 is 1.00 bits per heavy atom. The van der Waals surface area contributed by atoms with Gasteiger partial charge in [0.1, 0.15) is 11.4 Å². The molecular formula is C22H19N3O4. The molecule has 0 bridgehead atoms. The van der Waals surface area contributed by atoms with Gasteiger partial charge in [-0.15, -0.1) is 0 Å². The molecule has 4 aromatic rings. The van der Waals surface area contributed by atoms with E-state index in [9.17, 15) is 4.79 Å². The maximum Gasteiger partial charge on any atom is 0.338 e. The first kappa shape index (κ1) is 18.6. The zero-order valence-corrected chi connectivity index (χ0v) is 16.3. The summed E-state index contributed by atoms with van der Waals surface area (Å²) in [6, 6.07) is 14.3. The second kappa shape index (κ2) is 7.71. The lowest BCUT2D eigenvalue weighted by molar-refractivity contribution is 0.0437. The molecule has 2 aromatic carbocycles. The average molecular weight is 389 g/mol. The number of esters is 1. The van der Waals surface area contributed by atoms with Crippen molar-refractivity contribution in [1.29, 1.82) is 0 Å². The summed E-state index contributed by atoms with van der Waals surface area (Å²) in [6.07, 6.45) is 0. The van der Waals surface area contributed by atoms with Crippen molar-refractivity contribution in [2.45, 2.75) is 20.5 Å². The third-order valence-corrected chi connectivity index (χ3v) is 4.60. The number of benzene rings is 2. The number of ether oxygens (including phenoxy) is 2. The van der Waals surface area contributed by atoms with Gasteiger partial charge < -0.3 is 14.0 Å². The predicted octanol–water partition coefficient (Wildman–Crippen LogP) is 4.27. The highest BCUT2D eigenvalue weighted by atomic mass is 16.5. The molecule has 7 nitrogen and oxygen atoms in total. The van der Waals surface area contributed by atoms with Crippen molar-refractivity contribution < 1.29 is 18.8 Å². The molecule has 2 heterocycles. The SMILES string of the molecule is COc1ccccc1-c1cc(COC(=O)c2ccc3nc(C)c(C)nc3c2)on1. The fraction of sp³-hybridized carbons (Fsp3) is 0.182. The number of hydrogen-bond donors (Lipinski definition) is 0. The fourth-order valence-electron chi connectivity index (χ4n) is 2.94. The van der Waals surface area contributed by atoms with Crippen LogP contribution in [-0.4, -0.2) is 28.2 Å². The molecule has 7 heteroatoms. The van der Waals surface area contributed by atoms with E-state index in [2.05, 4.69) is 15.1 Å². The Kier molecular flexibility index (Phi) is 4.95. The number of aromatic nitrogens is 3. The minimum absolute atomic E-state index is 0.0301. The van der Waals surface area contributed by atoms with Crippen LogP contribution in [-0.2, 0) is 11.3 Å². The van der Waals surface area contributed by atoms with Gasteiger partial charge >= 0.3 is 5.97 Å². The lowest BCUT2D eigenvalue weighted by atomic mass is 10.1. The van der Waals surface area contributed by atoms with Crippen molar-refractivity contribution in [2.24, 2.45) is 0 Å². The van der Waals surface area contributed by atoms with Crippen LogP contribution >= 0.6 is 0 Å². The second-order valence-corrected chi connectivity index (χ2v) is 6.55. The van der Waals surface area contributed by atoms with Crippen molar-refractivity contribution in [2.75, 3.05) is 7.11 Å². The molecule has 0 radical (unpaired) electrons. The summed E-state index contributed by atoms with van der Waals surface area (Å²) in [5, 5.41) is 4.04. The van der Waals surface area contributed by atoms with E-state index in [-0.39, 0.29) is 6.61 Å². The van der Waals surface area contributed by atoms with E-state index in [0.717, 1.165) is 22.5 Å². The molecule has 29 heavy (non-hydrogen) atoms. The molecule has 0 spiro atoms. The third-order valence-electron chi connectivity index (χ3n) is 4.60. The van der Waals surface area contributed by atoms with Crippen LogP contribution in [0.1, 0.15) is 27.5 Å². The van der Waals surface area contributed by atoms with Gasteiger partial charge in [-0.1, -0.05) is 17.3 Å². The zero-order valence-electron chi connectivity index (χ0n) is 16.3. The summed E-state index contributed by atoms with van der Waals surface area (Å²) in [6.45, 7) is 3.76. The lowest BCUT2D eigenvalue weighted by Crippen LogP contribution is -2.05. The van der Waals surface area contributed by atoms with Gasteiger partial charge in [0.15, 0.2) is 12.4 Å². The van der Waals surface area contributed by atoms with E-state index in [1.54, 1.807) is 31.4 Å². The fourth-order valence-corrected chi connectivity index (χ4v) is 2.94. The van der Waals surface area contributed by atoms with Crippen molar-refractivity contribution in [3.63, 3.8) is 0 Å². The molecule has 0 fully saturated rings. The van der Waals surface area contributed by atoms with E-state index >= 15 is 0 Å². The van der Waals surface area contributed by atoms with Gasteiger partial charge in [0.05, 0.1) is 35.1 Å². The highest BCUT2D eigenvalue weighted by Gasteiger charge is 2.14. The number of rotatable bonds is 5. The minimum Gasteiger partial charge on any atom is -0.496 e. The predicted molar refractivity (Wildman–Crippen MR) is 107 cm³/mol. The average Bonchev–Trinajstić information content (AvgIpc) is 3.21. The first-order chi connectivity index (χ1) is 14.0. The standard InChI is InChI=1S/C22H19N3O4/c1-13-14(2)24-20-10-15(8-9-18(20)23-13)22(26)28-12-16-11-19(25-29-16)17-6-4-5-7-21(17)27-3/h4-11H,12H2,1-3H3. The smallest absolute Gasteiger partial charge is 0.338 e. The van der Waals surface area contributed by atoms with Gasteiger partial charge in [-0.25, -0.2) is 14.8 Å². The van der Waals surface area contributed by atoms with Gasteiger partial charge in [0, 0.05) is 11.6 Å². The number of carbonyl (C=O) groups excluding carboxylic acids is 1. The van der Waals surface area contributed by atoms with Crippen molar-refractivity contribution >= 4 is 17.0 Å². The number of aryl methyl sites for hydroxylation is 2. The molecule has 0 aliphatic carbocycles. The summed E-state index contributed by atoms with van der Waals surface area (Å²) < 4.78 is 16.0. The van der Waals surface area contributed by atoms with Gasteiger partial charge in [0.2, 0.25) is 0 Å². The Morgan fingerprint density at radius 2 is 1.76 bits per heavy atom. The molecule has 0 amide bonds. The molecule has 146 valence electrons. The van der Waals surface area contributed by atoms with Crippen LogP contribution in [0.4, 0.5) is 0 Å². The first-order valence-electron chi connectivity index (χ1n) is 9.06. The molecule has 0 aliphatic heterocycles. The lowest BCUT2D eigenvalue weighted by Gasteiger charge is -2.05. The Balaban J connectivity index is 1.48. The van der Waals surface area contributed by atoms with Crippen LogP contribution in [0.25, 0.3) is 22.3 Å². The third kappa shape index (κ3) is 3.80. The maximum atomic E-state index is 12.4. The Hall–Kier alpha value is -3.74. The number of hydrogen-bond acceptors (Lipinski definition) is 7. The Morgan fingerprint density at radius 3 is 2.55 bits per heavy atom. The number of fused-ring (bicyclic) bond motifs is 1. The van der Waals surface area contributed by atoms with E-state index in [1.165, 1.54) is 0 Å². The van der Waals surface area contributed by atoms with Gasteiger partial charge in [-0.05, 0) is 44.2 Å². The second-order valence-electron chi connectivity index (χ2n) is 6.55. The van der Waals surface area contributed by atoms with Gasteiger partial charge in [-0.3, -0.25) is 0 Å². The molecule has 0 atom stereocenters. The largest absolute Gasteiger partial charge is 0.496 e. The highest BCUT2D eigenvalue weighted by Crippen LogP contribution is 2.29. The van der Waals surface area contributed by atoms with Gasteiger partial charge in [-0.2, -0.15) is 0 Å². The summed E-state index contributed by atoms with van der Waals surface area (Å²) in [7, 11) is 1.60. The highest BCUT2D eigenvalue weighted by molar-refractivity contribution is 5.93. The van der Waals surface area contributed by atoms with E-state index in [1.807, 2.05) is 38.1 Å². The number of methoxy groups -OCH3 is 1. The summed E-state index contributed by atoms with van der Waals surface area (Å²) in [5.41, 5.74) is 4.90.